The second-order valence-corrected chi connectivity index (χ2v) is 8.65. The van der Waals surface area contributed by atoms with Crippen LogP contribution in [-0.2, 0) is 9.05 Å². The summed E-state index contributed by atoms with van der Waals surface area (Å²) in [6, 6.07) is 2.55. The molecule has 0 heterocycles. The molecule has 1 aromatic carbocycles. The smallest absolute Gasteiger partial charge is 0.262 e. The second kappa shape index (κ2) is 5.60. The average Bonchev–Trinajstić information content (AvgIpc) is 2.17. The zero-order valence-electron chi connectivity index (χ0n) is 10.4. The zero-order chi connectivity index (χ0) is 15.0. The van der Waals surface area contributed by atoms with E-state index in [4.69, 9.17) is 22.3 Å². The van der Waals surface area contributed by atoms with Crippen molar-refractivity contribution in [3.63, 3.8) is 0 Å². The Morgan fingerprint density at radius 3 is 2.26 bits per heavy atom. The third-order valence-electron chi connectivity index (χ3n) is 2.01. The lowest BCUT2D eigenvalue weighted by Crippen LogP contribution is -2.40. The third-order valence-corrected chi connectivity index (χ3v) is 5.00. The molecular weight excluding hydrogens is 377 g/mol. The molecule has 0 radical (unpaired) electrons. The van der Waals surface area contributed by atoms with Gasteiger partial charge >= 0.3 is 0 Å². The maximum atomic E-state index is 12.0. The lowest BCUT2D eigenvalue weighted by atomic mass is 10.1. The summed E-state index contributed by atoms with van der Waals surface area (Å²) in [6.07, 6.45) is 0. The highest BCUT2D eigenvalue weighted by atomic mass is 79.9. The van der Waals surface area contributed by atoms with E-state index in [-0.39, 0.29) is 20.0 Å². The van der Waals surface area contributed by atoms with Crippen molar-refractivity contribution in [2.75, 3.05) is 0 Å². The molecule has 1 aromatic rings. The number of benzene rings is 1. The Morgan fingerprint density at radius 2 is 1.84 bits per heavy atom. The minimum atomic E-state index is -3.99. The number of carbonyl (C=O) groups excluding carboxylic acids is 1. The molecular formula is C11H12BrCl2NO3S. The molecule has 0 bridgehead atoms. The maximum Gasteiger partial charge on any atom is 0.262 e. The molecule has 1 amide bonds. The fraction of sp³-hybridized carbons (Fsp3) is 0.364. The molecule has 0 fully saturated rings. The largest absolute Gasteiger partial charge is 0.347 e. The minimum absolute atomic E-state index is 0.0979. The number of nitrogens with one attached hydrogen (secondary N) is 1. The normalized spacial score (nSPS) is 12.3. The van der Waals surface area contributed by atoms with Crippen LogP contribution in [0.1, 0.15) is 31.1 Å². The van der Waals surface area contributed by atoms with Gasteiger partial charge in [0, 0.05) is 21.8 Å². The molecule has 0 aliphatic carbocycles. The van der Waals surface area contributed by atoms with Gasteiger partial charge < -0.3 is 5.32 Å². The van der Waals surface area contributed by atoms with Gasteiger partial charge in [-0.25, -0.2) is 8.42 Å². The molecule has 0 atom stereocenters. The summed E-state index contributed by atoms with van der Waals surface area (Å²) >= 11 is 8.92. The van der Waals surface area contributed by atoms with Crippen LogP contribution in [0.15, 0.2) is 21.5 Å². The first-order valence-corrected chi connectivity index (χ1v) is 8.66. The lowest BCUT2D eigenvalue weighted by Gasteiger charge is -2.20. The van der Waals surface area contributed by atoms with E-state index in [1.807, 2.05) is 20.8 Å². The van der Waals surface area contributed by atoms with Crippen LogP contribution in [0.5, 0.6) is 0 Å². The number of hydrogen-bond donors (Lipinski definition) is 1. The van der Waals surface area contributed by atoms with Crippen molar-refractivity contribution in [3.05, 3.63) is 27.2 Å². The van der Waals surface area contributed by atoms with Gasteiger partial charge in [-0.05, 0) is 48.8 Å². The average molecular weight is 389 g/mol. The Hall–Kier alpha value is -0.300. The highest BCUT2D eigenvalue weighted by Crippen LogP contribution is 2.33. The molecule has 0 unspecified atom stereocenters. The van der Waals surface area contributed by atoms with Crippen molar-refractivity contribution in [2.45, 2.75) is 31.2 Å². The molecule has 8 heteroatoms. The van der Waals surface area contributed by atoms with Gasteiger partial charge in [-0.3, -0.25) is 4.79 Å². The predicted molar refractivity (Wildman–Crippen MR) is 79.4 cm³/mol. The molecule has 0 aliphatic heterocycles. The fourth-order valence-electron chi connectivity index (χ4n) is 1.29. The molecule has 1 rings (SSSR count). The summed E-state index contributed by atoms with van der Waals surface area (Å²) in [7, 11) is 1.30. The molecule has 0 saturated carbocycles. The summed E-state index contributed by atoms with van der Waals surface area (Å²) in [5.41, 5.74) is -0.321. The van der Waals surface area contributed by atoms with E-state index in [9.17, 15) is 13.2 Å². The molecule has 1 N–H and O–H groups in total. The number of carbonyl (C=O) groups is 1. The Balaban J connectivity index is 3.33. The fourth-order valence-corrected chi connectivity index (χ4v) is 3.67. The number of hydrogen-bond acceptors (Lipinski definition) is 3. The van der Waals surface area contributed by atoms with E-state index < -0.39 is 20.5 Å². The number of halogens is 3. The Morgan fingerprint density at radius 1 is 1.32 bits per heavy atom. The standard InChI is InChI=1S/C11H12BrCl2NO3S/c1-11(2,3)15-10(16)6-4-7(13)9(12)8(5-6)19(14,17)18/h4-5H,1-3H3,(H,15,16). The first-order valence-electron chi connectivity index (χ1n) is 5.18. The Bertz CT molecular complexity index is 624. The first kappa shape index (κ1) is 16.8. The van der Waals surface area contributed by atoms with Crippen molar-refractivity contribution in [2.24, 2.45) is 0 Å². The third kappa shape index (κ3) is 4.63. The predicted octanol–water partition coefficient (Wildman–Crippen LogP) is 3.56. The minimum Gasteiger partial charge on any atom is -0.347 e. The monoisotopic (exact) mass is 387 g/mol. The SMILES string of the molecule is CC(C)(C)NC(=O)c1cc(Cl)c(Br)c(S(=O)(=O)Cl)c1. The molecule has 0 spiro atoms. The first-order chi connectivity index (χ1) is 8.42. The van der Waals surface area contributed by atoms with Crippen LogP contribution in [0.25, 0.3) is 0 Å². The molecule has 0 saturated heterocycles. The topological polar surface area (TPSA) is 63.2 Å². The van der Waals surface area contributed by atoms with Crippen LogP contribution in [0.4, 0.5) is 0 Å². The van der Waals surface area contributed by atoms with Crippen LogP contribution in [0, 0.1) is 0 Å². The van der Waals surface area contributed by atoms with Crippen molar-refractivity contribution >= 4 is 53.2 Å². The quantitative estimate of drug-likeness (QED) is 0.787. The highest BCUT2D eigenvalue weighted by Gasteiger charge is 2.22. The second-order valence-electron chi connectivity index (χ2n) is 4.91. The Kier molecular flexibility index (Phi) is 4.93. The zero-order valence-corrected chi connectivity index (χ0v) is 14.3. The van der Waals surface area contributed by atoms with Crippen LogP contribution in [0.3, 0.4) is 0 Å². The van der Waals surface area contributed by atoms with E-state index in [1.54, 1.807) is 0 Å². The summed E-state index contributed by atoms with van der Waals surface area (Å²) < 4.78 is 23.0. The van der Waals surface area contributed by atoms with Crippen molar-refractivity contribution in [3.8, 4) is 0 Å². The molecule has 19 heavy (non-hydrogen) atoms. The number of rotatable bonds is 2. The molecule has 106 valence electrons. The molecule has 4 nitrogen and oxygen atoms in total. The summed E-state index contributed by atoms with van der Waals surface area (Å²) in [4.78, 5) is 11.7. The van der Waals surface area contributed by atoms with E-state index in [0.29, 0.717) is 0 Å². The van der Waals surface area contributed by atoms with Gasteiger partial charge in [-0.1, -0.05) is 11.6 Å². The van der Waals surface area contributed by atoms with Gasteiger partial charge in [-0.2, -0.15) is 0 Å². The maximum absolute atomic E-state index is 12.0. The number of amides is 1. The summed E-state index contributed by atoms with van der Waals surface area (Å²) in [5, 5.41) is 2.81. The van der Waals surface area contributed by atoms with E-state index in [0.717, 1.165) is 0 Å². The van der Waals surface area contributed by atoms with Crippen LogP contribution < -0.4 is 5.32 Å². The van der Waals surface area contributed by atoms with Gasteiger partial charge in [-0.15, -0.1) is 0 Å². The van der Waals surface area contributed by atoms with Gasteiger partial charge in [0.2, 0.25) is 0 Å². The summed E-state index contributed by atoms with van der Waals surface area (Å²) in [6.45, 7) is 5.43. The van der Waals surface area contributed by atoms with Crippen LogP contribution >= 0.6 is 38.2 Å². The van der Waals surface area contributed by atoms with Crippen molar-refractivity contribution in [1.82, 2.24) is 5.32 Å². The van der Waals surface area contributed by atoms with Gasteiger partial charge in [0.1, 0.15) is 0 Å². The van der Waals surface area contributed by atoms with E-state index in [2.05, 4.69) is 21.2 Å². The van der Waals surface area contributed by atoms with Gasteiger partial charge in [0.25, 0.3) is 15.0 Å². The van der Waals surface area contributed by atoms with Crippen LogP contribution in [0.2, 0.25) is 5.02 Å². The van der Waals surface area contributed by atoms with E-state index in [1.165, 1.54) is 12.1 Å². The van der Waals surface area contributed by atoms with Crippen molar-refractivity contribution < 1.29 is 13.2 Å². The molecule has 0 aromatic heterocycles. The van der Waals surface area contributed by atoms with Crippen molar-refractivity contribution in [1.29, 1.82) is 0 Å². The van der Waals surface area contributed by atoms with Gasteiger partial charge in [0.05, 0.1) is 14.4 Å². The van der Waals surface area contributed by atoms with E-state index >= 15 is 0 Å². The lowest BCUT2D eigenvalue weighted by molar-refractivity contribution is 0.0919. The molecule has 0 aliphatic rings. The summed E-state index contributed by atoms with van der Waals surface area (Å²) in [5.74, 6) is -0.427. The van der Waals surface area contributed by atoms with Crippen LogP contribution in [-0.4, -0.2) is 19.9 Å². The Labute approximate surface area is 130 Å². The van der Waals surface area contributed by atoms with Gasteiger partial charge in [0.15, 0.2) is 0 Å². The highest BCUT2D eigenvalue weighted by molar-refractivity contribution is 9.10.